The molecule has 110 valence electrons. The number of rotatable bonds is 3. The van der Waals surface area contributed by atoms with Crippen molar-refractivity contribution in [2.24, 2.45) is 11.5 Å². The first-order valence-corrected chi connectivity index (χ1v) is 6.22. The summed E-state index contributed by atoms with van der Waals surface area (Å²) in [5, 5.41) is 0. The molecule has 0 radical (unpaired) electrons. The highest BCUT2D eigenvalue weighted by molar-refractivity contribution is 5.85. The van der Waals surface area contributed by atoms with Crippen LogP contribution in [0.25, 0.3) is 0 Å². The van der Waals surface area contributed by atoms with Crippen LogP contribution < -0.4 is 11.5 Å². The summed E-state index contributed by atoms with van der Waals surface area (Å²) in [7, 11) is 0. The van der Waals surface area contributed by atoms with Gasteiger partial charge >= 0.3 is 0 Å². The highest BCUT2D eigenvalue weighted by Crippen LogP contribution is 2.24. The maximum Gasteiger partial charge on any atom is 0.0491 e. The third-order valence-corrected chi connectivity index (χ3v) is 3.31. The van der Waals surface area contributed by atoms with Gasteiger partial charge in [-0.3, -0.25) is 0 Å². The molecular weight excluding hydrogens is 291 g/mol. The predicted molar refractivity (Wildman–Crippen MR) is 90.7 cm³/mol. The average Bonchev–Trinajstić information content (AvgIpc) is 2.39. The Balaban J connectivity index is 0.00000180. The van der Waals surface area contributed by atoms with E-state index in [0.717, 1.165) is 11.1 Å². The lowest BCUT2D eigenvalue weighted by molar-refractivity contribution is 0.574. The van der Waals surface area contributed by atoms with E-state index in [9.17, 15) is 0 Å². The number of halogens is 2. The average molecular weight is 313 g/mol. The predicted octanol–water partition coefficient (Wildman–Crippen LogP) is 3.85. The van der Waals surface area contributed by atoms with Gasteiger partial charge in [-0.25, -0.2) is 0 Å². The second-order valence-corrected chi connectivity index (χ2v) is 4.87. The molecule has 2 rings (SSSR count). The minimum atomic E-state index is -0.173. The molecule has 2 nitrogen and oxygen atoms in total. The van der Waals surface area contributed by atoms with Crippen LogP contribution in [-0.2, 0) is 0 Å². The lowest BCUT2D eigenvalue weighted by Crippen LogP contribution is -2.26. The highest BCUT2D eigenvalue weighted by atomic mass is 35.5. The van der Waals surface area contributed by atoms with E-state index in [1.807, 2.05) is 24.3 Å². The molecule has 0 aliphatic rings. The topological polar surface area (TPSA) is 52.0 Å². The van der Waals surface area contributed by atoms with Gasteiger partial charge in [-0.15, -0.1) is 24.8 Å². The van der Waals surface area contributed by atoms with Gasteiger partial charge in [-0.05, 0) is 25.0 Å². The first kappa shape index (κ1) is 18.9. The van der Waals surface area contributed by atoms with Crippen molar-refractivity contribution in [1.82, 2.24) is 0 Å². The van der Waals surface area contributed by atoms with Gasteiger partial charge in [-0.2, -0.15) is 0 Å². The molecule has 0 saturated heterocycles. The van der Waals surface area contributed by atoms with Gasteiger partial charge < -0.3 is 11.5 Å². The molecule has 0 heterocycles. The fourth-order valence-electron chi connectivity index (χ4n) is 1.99. The van der Waals surface area contributed by atoms with Crippen LogP contribution in [0.5, 0.6) is 0 Å². The fourth-order valence-corrected chi connectivity index (χ4v) is 1.99. The SMILES string of the molecule is Cc1ccc(C(N)C(N)c2ccc(C)cc2)cc1.Cl.Cl. The van der Waals surface area contributed by atoms with Gasteiger partial charge in [0.25, 0.3) is 0 Å². The number of benzene rings is 2. The Hall–Kier alpha value is -1.06. The van der Waals surface area contributed by atoms with E-state index in [0.29, 0.717) is 0 Å². The second-order valence-electron chi connectivity index (χ2n) is 4.87. The molecule has 0 aromatic heterocycles. The second kappa shape index (κ2) is 8.28. The summed E-state index contributed by atoms with van der Waals surface area (Å²) in [5.41, 5.74) is 17.1. The molecule has 0 fully saturated rings. The Morgan fingerprint density at radius 3 is 1.10 bits per heavy atom. The Kier molecular flexibility index (Phi) is 7.84. The number of nitrogens with two attached hydrogens (primary N) is 2. The monoisotopic (exact) mass is 312 g/mol. The van der Waals surface area contributed by atoms with Gasteiger partial charge in [0, 0.05) is 12.1 Å². The van der Waals surface area contributed by atoms with E-state index in [1.165, 1.54) is 11.1 Å². The summed E-state index contributed by atoms with van der Waals surface area (Å²) in [6.45, 7) is 4.13. The van der Waals surface area contributed by atoms with E-state index in [-0.39, 0.29) is 36.9 Å². The molecule has 2 aromatic rings. The van der Waals surface area contributed by atoms with Gasteiger partial charge in [0.2, 0.25) is 0 Å². The van der Waals surface area contributed by atoms with Crippen molar-refractivity contribution in [1.29, 1.82) is 0 Å². The van der Waals surface area contributed by atoms with E-state index in [1.54, 1.807) is 0 Å². The minimum Gasteiger partial charge on any atom is -0.322 e. The molecule has 0 aliphatic heterocycles. The van der Waals surface area contributed by atoms with Crippen LogP contribution in [0.4, 0.5) is 0 Å². The van der Waals surface area contributed by atoms with Crippen molar-refractivity contribution < 1.29 is 0 Å². The quantitative estimate of drug-likeness (QED) is 0.904. The summed E-state index contributed by atoms with van der Waals surface area (Å²) in [6, 6.07) is 16.1. The molecule has 20 heavy (non-hydrogen) atoms. The van der Waals surface area contributed by atoms with Crippen molar-refractivity contribution in [3.63, 3.8) is 0 Å². The molecule has 2 atom stereocenters. The summed E-state index contributed by atoms with van der Waals surface area (Å²) in [4.78, 5) is 0. The lowest BCUT2D eigenvalue weighted by atomic mass is 9.94. The number of hydrogen-bond donors (Lipinski definition) is 2. The van der Waals surface area contributed by atoms with E-state index in [4.69, 9.17) is 11.5 Å². The van der Waals surface area contributed by atoms with Crippen LogP contribution in [-0.4, -0.2) is 0 Å². The summed E-state index contributed by atoms with van der Waals surface area (Å²) >= 11 is 0. The molecule has 0 spiro atoms. The molecule has 2 unspecified atom stereocenters. The third-order valence-electron chi connectivity index (χ3n) is 3.31. The van der Waals surface area contributed by atoms with Crippen molar-refractivity contribution in [2.45, 2.75) is 25.9 Å². The van der Waals surface area contributed by atoms with Gasteiger partial charge in [0.15, 0.2) is 0 Å². The smallest absolute Gasteiger partial charge is 0.0491 e. The Morgan fingerprint density at radius 1 is 0.600 bits per heavy atom. The van der Waals surface area contributed by atoms with E-state index < -0.39 is 0 Å². The summed E-state index contributed by atoms with van der Waals surface area (Å²) in [5.74, 6) is 0. The largest absolute Gasteiger partial charge is 0.322 e. The maximum atomic E-state index is 6.23. The van der Waals surface area contributed by atoms with Crippen LogP contribution >= 0.6 is 24.8 Å². The minimum absolute atomic E-state index is 0. The standard InChI is InChI=1S/C16H20N2.2ClH/c1-11-3-7-13(8-4-11)15(17)16(18)14-9-5-12(2)6-10-14;;/h3-10,15-16H,17-18H2,1-2H3;2*1H. The van der Waals surface area contributed by atoms with Gasteiger partial charge in [-0.1, -0.05) is 59.7 Å². The fraction of sp³-hybridized carbons (Fsp3) is 0.250. The molecule has 0 saturated carbocycles. The molecule has 4 N–H and O–H groups in total. The van der Waals surface area contributed by atoms with Crippen LogP contribution in [0, 0.1) is 13.8 Å². The van der Waals surface area contributed by atoms with Crippen molar-refractivity contribution in [3.05, 3.63) is 70.8 Å². The number of hydrogen-bond acceptors (Lipinski definition) is 2. The molecule has 0 bridgehead atoms. The van der Waals surface area contributed by atoms with Gasteiger partial charge in [0.05, 0.1) is 0 Å². The normalized spacial score (nSPS) is 12.8. The van der Waals surface area contributed by atoms with Gasteiger partial charge in [0.1, 0.15) is 0 Å². The Labute approximate surface area is 133 Å². The first-order chi connectivity index (χ1) is 8.58. The van der Waals surface area contributed by atoms with Crippen molar-refractivity contribution in [3.8, 4) is 0 Å². The lowest BCUT2D eigenvalue weighted by Gasteiger charge is -2.21. The zero-order valence-electron chi connectivity index (χ0n) is 11.7. The highest BCUT2D eigenvalue weighted by Gasteiger charge is 2.16. The molecule has 0 amide bonds. The van der Waals surface area contributed by atoms with Crippen molar-refractivity contribution in [2.75, 3.05) is 0 Å². The zero-order valence-corrected chi connectivity index (χ0v) is 13.4. The van der Waals surface area contributed by atoms with Crippen molar-refractivity contribution >= 4 is 24.8 Å². The molecule has 0 aliphatic carbocycles. The first-order valence-electron chi connectivity index (χ1n) is 6.22. The number of aryl methyl sites for hydroxylation is 2. The van der Waals surface area contributed by atoms with E-state index >= 15 is 0 Å². The summed E-state index contributed by atoms with van der Waals surface area (Å²) < 4.78 is 0. The molecule has 4 heteroatoms. The molecular formula is C16H22Cl2N2. The van der Waals surface area contributed by atoms with Crippen LogP contribution in [0.3, 0.4) is 0 Å². The van der Waals surface area contributed by atoms with Crippen LogP contribution in [0.1, 0.15) is 34.3 Å². The maximum absolute atomic E-state index is 6.23. The molecule has 2 aromatic carbocycles. The Morgan fingerprint density at radius 2 is 0.850 bits per heavy atom. The van der Waals surface area contributed by atoms with E-state index in [2.05, 4.69) is 38.1 Å². The summed E-state index contributed by atoms with van der Waals surface area (Å²) in [6.07, 6.45) is 0. The third kappa shape index (κ3) is 4.50. The van der Waals surface area contributed by atoms with Crippen LogP contribution in [0.2, 0.25) is 0 Å². The van der Waals surface area contributed by atoms with Crippen LogP contribution in [0.15, 0.2) is 48.5 Å². The zero-order chi connectivity index (χ0) is 13.1. The Bertz CT molecular complexity index is 460.